The van der Waals surface area contributed by atoms with Crippen LogP contribution in [0.2, 0.25) is 0 Å². The summed E-state index contributed by atoms with van der Waals surface area (Å²) in [6.07, 6.45) is 0.463. The van der Waals surface area contributed by atoms with E-state index in [0.29, 0.717) is 19.4 Å². The lowest BCUT2D eigenvalue weighted by atomic mass is 9.97. The van der Waals surface area contributed by atoms with Crippen LogP contribution in [-0.4, -0.2) is 126 Å². The number of rotatable bonds is 23. The third-order valence-electron chi connectivity index (χ3n) is 10.4. The van der Waals surface area contributed by atoms with Crippen molar-refractivity contribution in [2.45, 2.75) is 131 Å². The maximum Gasteiger partial charge on any atom is 0.245 e. The number of para-hydroxylation sites is 1. The van der Waals surface area contributed by atoms with E-state index in [0.717, 1.165) is 5.69 Å². The maximum atomic E-state index is 13.9. The molecule has 14 heteroatoms. The number of nitrogens with one attached hydrogen (secondary N) is 2. The van der Waals surface area contributed by atoms with Gasteiger partial charge in [-0.15, -0.1) is 0 Å². The molecule has 312 valence electrons. The number of carbonyl (C=O) groups is 6. The van der Waals surface area contributed by atoms with E-state index < -0.39 is 71.8 Å². The average Bonchev–Trinajstić information content (AvgIpc) is 3.13. The first-order chi connectivity index (χ1) is 25.5. The Labute approximate surface area is 329 Å². The molecule has 7 atom stereocenters. The van der Waals surface area contributed by atoms with Crippen molar-refractivity contribution in [2.24, 2.45) is 29.4 Å². The van der Waals surface area contributed by atoms with Crippen molar-refractivity contribution in [1.82, 2.24) is 25.3 Å². The van der Waals surface area contributed by atoms with Gasteiger partial charge in [0.2, 0.25) is 35.4 Å². The highest BCUT2D eigenvalue weighted by Crippen LogP contribution is 2.19. The predicted octanol–water partition coefficient (Wildman–Crippen LogP) is 3.01. The Morgan fingerprint density at radius 3 is 1.75 bits per heavy atom. The summed E-state index contributed by atoms with van der Waals surface area (Å²) in [7, 11) is 6.44. The van der Waals surface area contributed by atoms with Crippen molar-refractivity contribution in [3.8, 4) is 0 Å². The number of hydrogen-bond acceptors (Lipinski definition) is 8. The highest BCUT2D eigenvalue weighted by Gasteiger charge is 2.38. The number of nitrogens with two attached hydrogens (primary N) is 1. The fourth-order valence-electron chi connectivity index (χ4n) is 6.37. The van der Waals surface area contributed by atoms with Crippen LogP contribution in [-0.2, 0) is 28.8 Å². The molecule has 0 fully saturated rings. The molecule has 0 saturated carbocycles. The van der Waals surface area contributed by atoms with Gasteiger partial charge in [0.15, 0.2) is 0 Å². The Balaban J connectivity index is 3.01. The molecular weight excluding hydrogens is 702 g/mol. The highest BCUT2D eigenvalue weighted by molar-refractivity contribution is 5.96. The number of aliphatic hydroxyl groups excluding tert-OH is 1. The molecule has 0 bridgehead atoms. The van der Waals surface area contributed by atoms with Gasteiger partial charge in [0.05, 0.1) is 12.5 Å². The van der Waals surface area contributed by atoms with E-state index in [-0.39, 0.29) is 42.9 Å². The minimum atomic E-state index is -1.00. The smallest absolute Gasteiger partial charge is 0.245 e. The number of hydrogen-bond donors (Lipinski definition) is 4. The average molecular weight is 774 g/mol. The molecule has 0 aliphatic carbocycles. The van der Waals surface area contributed by atoms with Gasteiger partial charge in [-0.25, -0.2) is 0 Å². The Kier molecular flexibility index (Phi) is 20.4. The van der Waals surface area contributed by atoms with E-state index in [1.54, 1.807) is 27.7 Å². The summed E-state index contributed by atoms with van der Waals surface area (Å²) in [5, 5.41) is 16.4. The monoisotopic (exact) mass is 774 g/mol. The SMILES string of the molecule is CC[C@H](NC(=O)C[C@H](O)[C@H](C)CCN(C)c1ccccc1)C(=O)N(C)[C@H](C)C(=O)N(C)[C@@H](CC(C)C)C(=O)N[C@H](C(=O)N(C)[C@@H](CC(C)C)C(N)=O)C(C)C. The molecule has 6 amide bonds. The van der Waals surface area contributed by atoms with E-state index in [2.05, 4.69) is 15.5 Å². The van der Waals surface area contributed by atoms with Crippen molar-refractivity contribution in [2.75, 3.05) is 39.6 Å². The van der Waals surface area contributed by atoms with E-state index in [1.165, 1.54) is 35.8 Å². The van der Waals surface area contributed by atoms with Crippen molar-refractivity contribution in [1.29, 1.82) is 0 Å². The Bertz CT molecular complexity index is 1410. The fraction of sp³-hybridized carbons (Fsp3) is 0.707. The van der Waals surface area contributed by atoms with Gasteiger partial charge in [0.25, 0.3) is 0 Å². The van der Waals surface area contributed by atoms with Gasteiger partial charge >= 0.3 is 0 Å². The summed E-state index contributed by atoms with van der Waals surface area (Å²) in [5.41, 5.74) is 6.70. The zero-order valence-corrected chi connectivity index (χ0v) is 35.7. The normalized spacial score (nSPS) is 15.3. The second kappa shape index (κ2) is 23.0. The molecule has 0 spiro atoms. The number of nitrogens with zero attached hydrogens (tertiary/aromatic N) is 4. The van der Waals surface area contributed by atoms with Gasteiger partial charge in [0, 0.05) is 40.4 Å². The summed E-state index contributed by atoms with van der Waals surface area (Å²) in [6, 6.07) is 5.13. The summed E-state index contributed by atoms with van der Waals surface area (Å²) in [5.74, 6) is -3.53. The lowest BCUT2D eigenvalue weighted by Crippen LogP contribution is -2.60. The van der Waals surface area contributed by atoms with Crippen molar-refractivity contribution < 1.29 is 33.9 Å². The second-order valence-electron chi connectivity index (χ2n) is 16.3. The van der Waals surface area contributed by atoms with Crippen molar-refractivity contribution in [3.63, 3.8) is 0 Å². The molecular formula is C41H71N7O7. The molecule has 55 heavy (non-hydrogen) atoms. The van der Waals surface area contributed by atoms with Crippen molar-refractivity contribution >= 4 is 41.1 Å². The van der Waals surface area contributed by atoms with Crippen LogP contribution in [0, 0.1) is 23.7 Å². The number of primary amides is 1. The predicted molar refractivity (Wildman–Crippen MR) is 217 cm³/mol. The molecule has 0 aromatic heterocycles. The summed E-state index contributed by atoms with van der Waals surface area (Å²) in [4.78, 5) is 86.3. The first-order valence-electron chi connectivity index (χ1n) is 19.7. The first kappa shape index (κ1) is 48.8. The minimum Gasteiger partial charge on any atom is -0.392 e. The number of carbonyl (C=O) groups excluding carboxylic acids is 6. The van der Waals surface area contributed by atoms with Gasteiger partial charge in [-0.2, -0.15) is 0 Å². The van der Waals surface area contributed by atoms with Gasteiger partial charge < -0.3 is 41.1 Å². The van der Waals surface area contributed by atoms with E-state index in [9.17, 15) is 33.9 Å². The largest absolute Gasteiger partial charge is 0.392 e. The fourth-order valence-corrected chi connectivity index (χ4v) is 6.37. The number of aliphatic hydroxyl groups is 1. The number of anilines is 1. The molecule has 5 N–H and O–H groups in total. The standard InChI is InChI=1S/C41H71N7O7/c1-14-31(43-35(50)24-34(49)28(8)20-21-45(10)30-18-16-15-17-19-30)40(54)46(11)29(9)39(53)48(13)33(23-26(4)5)38(52)44-36(27(6)7)41(55)47(12)32(37(42)51)22-25(2)3/h15-19,25-29,31-34,36,49H,14,20-24H2,1-13H3,(H2,42,51)(H,43,50)(H,44,52)/t28-,29-,31+,32+,33+,34+,36+/m1/s1. The molecule has 0 radical (unpaired) electrons. The van der Waals surface area contributed by atoms with Crippen LogP contribution in [0.3, 0.4) is 0 Å². The van der Waals surface area contributed by atoms with Gasteiger partial charge in [-0.3, -0.25) is 28.8 Å². The Morgan fingerprint density at radius 2 is 1.25 bits per heavy atom. The Morgan fingerprint density at radius 1 is 0.727 bits per heavy atom. The molecule has 1 aromatic rings. The first-order valence-corrected chi connectivity index (χ1v) is 19.7. The summed E-state index contributed by atoms with van der Waals surface area (Å²) < 4.78 is 0. The topological polar surface area (TPSA) is 186 Å². The molecule has 0 heterocycles. The van der Waals surface area contributed by atoms with E-state index >= 15 is 0 Å². The van der Waals surface area contributed by atoms with E-state index in [1.807, 2.05) is 72.0 Å². The van der Waals surface area contributed by atoms with Crippen LogP contribution in [0.4, 0.5) is 5.69 Å². The lowest BCUT2D eigenvalue weighted by Gasteiger charge is -2.36. The lowest BCUT2D eigenvalue weighted by molar-refractivity contribution is -0.149. The molecule has 0 aliphatic heterocycles. The van der Waals surface area contributed by atoms with Gasteiger partial charge in [0.1, 0.15) is 30.2 Å². The number of amides is 6. The van der Waals surface area contributed by atoms with Gasteiger partial charge in [-0.1, -0.05) is 73.6 Å². The molecule has 1 aromatic carbocycles. The van der Waals surface area contributed by atoms with Crippen LogP contribution >= 0.6 is 0 Å². The minimum absolute atomic E-state index is 0.00986. The van der Waals surface area contributed by atoms with Crippen LogP contribution in [0.5, 0.6) is 0 Å². The van der Waals surface area contributed by atoms with Crippen molar-refractivity contribution in [3.05, 3.63) is 30.3 Å². The zero-order chi connectivity index (χ0) is 42.3. The van der Waals surface area contributed by atoms with Gasteiger partial charge in [-0.05, 0) is 68.4 Å². The van der Waals surface area contributed by atoms with Crippen LogP contribution in [0.1, 0.15) is 94.4 Å². The second-order valence-corrected chi connectivity index (χ2v) is 16.3. The number of benzene rings is 1. The molecule has 0 aliphatic rings. The molecule has 0 unspecified atom stereocenters. The molecule has 0 saturated heterocycles. The summed E-state index contributed by atoms with van der Waals surface area (Å²) >= 11 is 0. The maximum absolute atomic E-state index is 13.9. The third-order valence-corrected chi connectivity index (χ3v) is 10.4. The molecule has 14 nitrogen and oxygen atoms in total. The number of likely N-dealkylation sites (N-methyl/N-ethyl adjacent to an activating group) is 3. The zero-order valence-electron chi connectivity index (χ0n) is 35.7. The van der Waals surface area contributed by atoms with E-state index in [4.69, 9.17) is 5.73 Å². The van der Waals surface area contributed by atoms with Crippen LogP contribution < -0.4 is 21.3 Å². The van der Waals surface area contributed by atoms with Crippen LogP contribution in [0.15, 0.2) is 30.3 Å². The Hall–Kier alpha value is -4.20. The highest BCUT2D eigenvalue weighted by atomic mass is 16.3. The third kappa shape index (κ3) is 15.1. The van der Waals surface area contributed by atoms with Crippen LogP contribution in [0.25, 0.3) is 0 Å². The molecule has 1 rings (SSSR count). The summed E-state index contributed by atoms with van der Waals surface area (Å²) in [6.45, 7) is 17.1. The quantitative estimate of drug-likeness (QED) is 0.131.